The molecule has 0 saturated heterocycles. The van der Waals surface area contributed by atoms with Crippen molar-refractivity contribution in [1.29, 1.82) is 0 Å². The number of hydrogen-bond acceptors (Lipinski definition) is 6. The quantitative estimate of drug-likeness (QED) is 0.201. The molecule has 0 bridgehead atoms. The first-order valence-corrected chi connectivity index (χ1v) is 11.7. The number of benzene rings is 3. The molecule has 1 N–H and O–H groups in total. The maximum Gasteiger partial charge on any atom is 0.419 e. The van der Waals surface area contributed by atoms with E-state index in [9.17, 15) is 22.4 Å². The molecule has 210 valence electrons. The van der Waals surface area contributed by atoms with Crippen LogP contribution in [0.5, 0.6) is 11.5 Å². The lowest BCUT2D eigenvalue weighted by Gasteiger charge is -2.24. The maximum absolute atomic E-state index is 15.0. The number of carboxylic acids is 1. The van der Waals surface area contributed by atoms with Gasteiger partial charge in [-0.1, -0.05) is 30.3 Å². The second-order valence-corrected chi connectivity index (χ2v) is 8.48. The van der Waals surface area contributed by atoms with Gasteiger partial charge in [0.05, 0.1) is 17.0 Å². The molecular formula is C28H28F4O7. The molecule has 0 spiro atoms. The van der Waals surface area contributed by atoms with Crippen LogP contribution in [0.3, 0.4) is 0 Å². The Labute approximate surface area is 222 Å². The number of ether oxygens (including phenoxy) is 5. The van der Waals surface area contributed by atoms with E-state index >= 15 is 0 Å². The van der Waals surface area contributed by atoms with Gasteiger partial charge in [0.25, 0.3) is 0 Å². The average molecular weight is 553 g/mol. The molecule has 0 fully saturated rings. The molecule has 0 aliphatic rings. The minimum absolute atomic E-state index is 0.0420. The van der Waals surface area contributed by atoms with Gasteiger partial charge in [0.15, 0.2) is 13.1 Å². The molecule has 1 atom stereocenters. The van der Waals surface area contributed by atoms with Crippen molar-refractivity contribution >= 4 is 5.97 Å². The molecule has 0 amide bonds. The lowest BCUT2D eigenvalue weighted by atomic mass is 9.97. The van der Waals surface area contributed by atoms with Gasteiger partial charge < -0.3 is 28.8 Å². The van der Waals surface area contributed by atoms with Gasteiger partial charge in [-0.15, -0.1) is 0 Å². The third kappa shape index (κ3) is 7.05. The van der Waals surface area contributed by atoms with E-state index in [1.165, 1.54) is 39.5 Å². The van der Waals surface area contributed by atoms with Gasteiger partial charge in [0.2, 0.25) is 0 Å². The number of alkyl halides is 3. The van der Waals surface area contributed by atoms with Crippen molar-refractivity contribution in [2.75, 3.05) is 28.1 Å². The van der Waals surface area contributed by atoms with E-state index in [4.69, 9.17) is 28.8 Å². The highest BCUT2D eigenvalue weighted by molar-refractivity contribution is 5.76. The Balaban J connectivity index is 1.90. The molecular weight excluding hydrogens is 524 g/mol. The summed E-state index contributed by atoms with van der Waals surface area (Å²) in [6.07, 6.45) is -5.95. The summed E-state index contributed by atoms with van der Waals surface area (Å²) < 4.78 is 82.4. The van der Waals surface area contributed by atoms with Crippen LogP contribution >= 0.6 is 0 Å². The third-order valence-electron chi connectivity index (χ3n) is 6.00. The molecule has 7 nitrogen and oxygen atoms in total. The minimum Gasteiger partial charge on any atom is -0.489 e. The van der Waals surface area contributed by atoms with Crippen molar-refractivity contribution in [3.8, 4) is 22.6 Å². The Morgan fingerprint density at radius 3 is 2.15 bits per heavy atom. The molecule has 39 heavy (non-hydrogen) atoms. The third-order valence-corrected chi connectivity index (χ3v) is 6.00. The molecule has 0 aliphatic carbocycles. The van der Waals surface area contributed by atoms with Gasteiger partial charge in [0.1, 0.15) is 23.9 Å². The number of halogens is 4. The highest BCUT2D eigenvalue weighted by atomic mass is 19.4. The number of rotatable bonds is 12. The predicted octanol–water partition coefficient (Wildman–Crippen LogP) is 6.55. The zero-order valence-electron chi connectivity index (χ0n) is 21.7. The van der Waals surface area contributed by atoms with Crippen LogP contribution < -0.4 is 9.47 Å². The van der Waals surface area contributed by atoms with Crippen LogP contribution in [0.15, 0.2) is 54.6 Å². The van der Waals surface area contributed by atoms with E-state index in [-0.39, 0.29) is 29.0 Å². The summed E-state index contributed by atoms with van der Waals surface area (Å²) in [5.41, 5.74) is 0.555. The maximum atomic E-state index is 15.0. The number of carbonyl (C=O) groups is 1. The monoisotopic (exact) mass is 552 g/mol. The Bertz CT molecular complexity index is 1270. The fourth-order valence-corrected chi connectivity index (χ4v) is 3.93. The van der Waals surface area contributed by atoms with Crippen LogP contribution in [0.2, 0.25) is 0 Å². The average Bonchev–Trinajstić information content (AvgIpc) is 2.91. The molecule has 0 radical (unpaired) electrons. The largest absolute Gasteiger partial charge is 0.489 e. The standard InChI is InChI=1S/C28H28F4O7/c1-16(26(33)34)17-5-7-18(8-6-17)21-11-10-20(13-23(21)29)38-14-19-9-12-22(28(30,31)32)25(39-15-35-2)24(19)27(36-3)37-4/h5-13,16,27H,14-15H2,1-4H3,(H,33,34). The van der Waals surface area contributed by atoms with Crippen molar-refractivity contribution in [2.45, 2.75) is 31.9 Å². The fraction of sp³-hybridized carbons (Fsp3) is 0.321. The second kappa shape index (κ2) is 12.9. The molecule has 3 aromatic rings. The van der Waals surface area contributed by atoms with E-state index in [2.05, 4.69) is 0 Å². The van der Waals surface area contributed by atoms with Crippen molar-refractivity contribution in [3.05, 3.63) is 82.7 Å². The summed E-state index contributed by atoms with van der Waals surface area (Å²) in [4.78, 5) is 11.2. The molecule has 3 rings (SSSR count). The summed E-state index contributed by atoms with van der Waals surface area (Å²) >= 11 is 0. The zero-order chi connectivity index (χ0) is 28.7. The van der Waals surface area contributed by atoms with Crippen LogP contribution in [0.25, 0.3) is 11.1 Å². The van der Waals surface area contributed by atoms with Gasteiger partial charge in [-0.05, 0) is 36.2 Å². The minimum atomic E-state index is -4.73. The van der Waals surface area contributed by atoms with Crippen molar-refractivity contribution in [3.63, 3.8) is 0 Å². The highest BCUT2D eigenvalue weighted by Gasteiger charge is 2.38. The Morgan fingerprint density at radius 2 is 1.62 bits per heavy atom. The first kappa shape index (κ1) is 29.9. The summed E-state index contributed by atoms with van der Waals surface area (Å²) in [7, 11) is 3.80. The van der Waals surface area contributed by atoms with Gasteiger partial charge in [-0.3, -0.25) is 4.79 Å². The fourth-order valence-electron chi connectivity index (χ4n) is 3.93. The summed E-state index contributed by atoms with van der Waals surface area (Å²) in [6.45, 7) is 0.851. The number of methoxy groups -OCH3 is 3. The molecule has 0 aromatic heterocycles. The van der Waals surface area contributed by atoms with Gasteiger partial charge in [-0.2, -0.15) is 13.2 Å². The van der Waals surface area contributed by atoms with Crippen LogP contribution in [-0.4, -0.2) is 39.2 Å². The van der Waals surface area contributed by atoms with Crippen molar-refractivity contribution in [2.24, 2.45) is 0 Å². The van der Waals surface area contributed by atoms with Gasteiger partial charge >= 0.3 is 12.1 Å². The van der Waals surface area contributed by atoms with E-state index in [0.29, 0.717) is 11.1 Å². The first-order chi connectivity index (χ1) is 18.5. The Hall–Kier alpha value is -3.67. The number of aliphatic carboxylic acids is 1. The lowest BCUT2D eigenvalue weighted by Crippen LogP contribution is -2.17. The summed E-state index contributed by atoms with van der Waals surface area (Å²) in [6, 6.07) is 12.7. The Morgan fingerprint density at radius 1 is 0.949 bits per heavy atom. The van der Waals surface area contributed by atoms with Crippen LogP contribution in [-0.2, 0) is 31.8 Å². The van der Waals surface area contributed by atoms with E-state index in [1.54, 1.807) is 31.2 Å². The molecule has 1 unspecified atom stereocenters. The molecule has 0 heterocycles. The molecule has 3 aromatic carbocycles. The lowest BCUT2D eigenvalue weighted by molar-refractivity contribution is -0.141. The molecule has 0 saturated carbocycles. The van der Waals surface area contributed by atoms with Gasteiger partial charge in [-0.25, -0.2) is 4.39 Å². The predicted molar refractivity (Wildman–Crippen MR) is 133 cm³/mol. The van der Waals surface area contributed by atoms with E-state index in [1.807, 2.05) is 0 Å². The van der Waals surface area contributed by atoms with Crippen LogP contribution in [0.4, 0.5) is 17.6 Å². The normalized spacial score (nSPS) is 12.4. The highest BCUT2D eigenvalue weighted by Crippen LogP contribution is 2.43. The summed E-state index contributed by atoms with van der Waals surface area (Å²) in [5.74, 6) is -2.67. The zero-order valence-corrected chi connectivity index (χ0v) is 21.7. The van der Waals surface area contributed by atoms with E-state index < -0.39 is 48.3 Å². The smallest absolute Gasteiger partial charge is 0.419 e. The number of carboxylic acid groups (broad SMARTS) is 1. The van der Waals surface area contributed by atoms with Crippen molar-refractivity contribution < 1.29 is 51.1 Å². The van der Waals surface area contributed by atoms with Gasteiger partial charge in [0, 0.05) is 38.5 Å². The molecule has 11 heteroatoms. The SMILES string of the molecule is COCOc1c(C(F)(F)F)ccc(COc2ccc(-c3ccc(C(C)C(=O)O)cc3)c(F)c2)c1C(OC)OC. The van der Waals surface area contributed by atoms with Crippen molar-refractivity contribution in [1.82, 2.24) is 0 Å². The van der Waals surface area contributed by atoms with Crippen LogP contribution in [0, 0.1) is 5.82 Å². The first-order valence-electron chi connectivity index (χ1n) is 11.7. The molecule has 0 aliphatic heterocycles. The second-order valence-electron chi connectivity index (χ2n) is 8.48. The van der Waals surface area contributed by atoms with Crippen LogP contribution in [0.1, 0.15) is 41.4 Å². The summed E-state index contributed by atoms with van der Waals surface area (Å²) in [5, 5.41) is 9.16. The van der Waals surface area contributed by atoms with E-state index in [0.717, 1.165) is 12.1 Å². The topological polar surface area (TPSA) is 83.5 Å². The number of hydrogen-bond donors (Lipinski definition) is 1. The Kier molecular flexibility index (Phi) is 9.90.